The summed E-state index contributed by atoms with van der Waals surface area (Å²) >= 11 is 0. The predicted octanol–water partition coefficient (Wildman–Crippen LogP) is -2.42. The fourth-order valence-corrected chi connectivity index (χ4v) is 2.51. The first-order chi connectivity index (χ1) is 8.73. The van der Waals surface area contributed by atoms with Crippen LogP contribution in [0.15, 0.2) is 12.5 Å². The van der Waals surface area contributed by atoms with Crippen molar-refractivity contribution in [3.8, 4) is 0 Å². The Hall–Kier alpha value is -1.00. The van der Waals surface area contributed by atoms with Crippen LogP contribution in [-0.2, 0) is 9.30 Å². The smallest absolute Gasteiger partial charge is 0.356 e. The second kappa shape index (κ2) is 4.84. The second-order valence-corrected chi connectivity index (χ2v) is 5.91. The summed E-state index contributed by atoms with van der Waals surface area (Å²) in [5.74, 6) is -2.12. The average molecular weight is 295 g/mol. The van der Waals surface area contributed by atoms with E-state index in [0.717, 1.165) is 0 Å². The Balaban J connectivity index is 2.24. The summed E-state index contributed by atoms with van der Waals surface area (Å²) in [5.41, 5.74) is 5.55. The lowest BCUT2D eigenvalue weighted by Gasteiger charge is -2.21. The zero-order chi connectivity index (χ0) is 14.4. The Kier molecular flexibility index (Phi) is 3.67. The highest BCUT2D eigenvalue weighted by Gasteiger charge is 2.51. The summed E-state index contributed by atoms with van der Waals surface area (Å²) in [6.07, 6.45) is -3.51. The summed E-state index contributed by atoms with van der Waals surface area (Å²) in [6, 6.07) is 0. The van der Waals surface area contributed by atoms with E-state index in [1.165, 1.54) is 17.1 Å². The van der Waals surface area contributed by atoms with Gasteiger partial charge < -0.3 is 35.6 Å². The first-order valence-electron chi connectivity index (χ1n) is 5.25. The van der Waals surface area contributed by atoms with Gasteiger partial charge in [0.05, 0.1) is 12.5 Å². The van der Waals surface area contributed by atoms with Crippen LogP contribution in [0, 0.1) is 0 Å². The number of hydrogen-bond donors (Lipinski definition) is 6. The maximum Gasteiger partial charge on any atom is 0.356 e. The average Bonchev–Trinajstić information content (AvgIpc) is 2.84. The van der Waals surface area contributed by atoms with E-state index in [1.54, 1.807) is 0 Å². The van der Waals surface area contributed by atoms with Gasteiger partial charge in [0.15, 0.2) is 12.1 Å². The number of ether oxygens (including phenoxy) is 1. The summed E-state index contributed by atoms with van der Waals surface area (Å²) in [5, 5.41) is 28.9. The van der Waals surface area contributed by atoms with Crippen molar-refractivity contribution >= 4 is 13.4 Å². The van der Waals surface area contributed by atoms with Gasteiger partial charge in [-0.25, -0.2) is 4.98 Å². The maximum atomic E-state index is 11.0. The number of hydrogen-bond acceptors (Lipinski definition) is 7. The van der Waals surface area contributed by atoms with Crippen molar-refractivity contribution in [3.05, 3.63) is 12.5 Å². The van der Waals surface area contributed by atoms with Gasteiger partial charge in [0.1, 0.15) is 24.1 Å². The van der Waals surface area contributed by atoms with E-state index < -0.39 is 38.0 Å². The van der Waals surface area contributed by atoms with Gasteiger partial charge in [0.25, 0.3) is 0 Å². The van der Waals surface area contributed by atoms with Gasteiger partial charge in [-0.15, -0.1) is 0 Å². The molecule has 0 bridgehead atoms. The third kappa shape index (κ3) is 2.51. The number of anilines is 1. The van der Waals surface area contributed by atoms with Crippen LogP contribution in [-0.4, -0.2) is 58.8 Å². The van der Waals surface area contributed by atoms with E-state index in [-0.39, 0.29) is 5.82 Å². The number of rotatable bonds is 3. The molecule has 1 aromatic rings. The number of nitrogen functional groups attached to an aromatic ring is 1. The summed E-state index contributed by atoms with van der Waals surface area (Å²) in [6.45, 7) is 0. The minimum Gasteiger partial charge on any atom is -0.387 e. The highest BCUT2D eigenvalue weighted by atomic mass is 31.2. The fourth-order valence-electron chi connectivity index (χ4n) is 1.88. The molecule has 0 amide bonds. The van der Waals surface area contributed by atoms with Gasteiger partial charge in [-0.3, -0.25) is 9.13 Å². The SMILES string of the molecule is Nc1cncn1C1O[C@@H](C(O)P(=O)(O)O)[C@H](O)[C@@H]1O. The monoisotopic (exact) mass is 295 g/mol. The normalized spacial score (nSPS) is 33.5. The van der Waals surface area contributed by atoms with Crippen molar-refractivity contribution in [2.24, 2.45) is 0 Å². The number of imidazole rings is 1. The minimum atomic E-state index is -4.88. The van der Waals surface area contributed by atoms with Crippen molar-refractivity contribution in [2.45, 2.75) is 30.4 Å². The molecule has 1 aliphatic heterocycles. The number of aromatic nitrogens is 2. The molecule has 7 N–H and O–H groups in total. The molecule has 19 heavy (non-hydrogen) atoms. The number of nitrogens with two attached hydrogens (primary N) is 1. The van der Waals surface area contributed by atoms with Gasteiger partial charge in [-0.1, -0.05) is 0 Å². The lowest BCUT2D eigenvalue weighted by molar-refractivity contribution is -0.0669. The third-order valence-corrected chi connectivity index (χ3v) is 3.87. The van der Waals surface area contributed by atoms with E-state index in [9.17, 15) is 19.9 Å². The molecular weight excluding hydrogens is 281 g/mol. The van der Waals surface area contributed by atoms with E-state index in [0.29, 0.717) is 0 Å². The van der Waals surface area contributed by atoms with Gasteiger partial charge >= 0.3 is 7.60 Å². The molecule has 2 unspecified atom stereocenters. The van der Waals surface area contributed by atoms with Crippen LogP contribution >= 0.6 is 7.60 Å². The lowest BCUT2D eigenvalue weighted by Crippen LogP contribution is -2.38. The molecule has 0 spiro atoms. The molecule has 0 saturated carbocycles. The Bertz CT molecular complexity index is 502. The molecule has 5 atom stereocenters. The summed E-state index contributed by atoms with van der Waals surface area (Å²) < 4.78 is 17.2. The van der Waals surface area contributed by atoms with Crippen molar-refractivity contribution in [1.29, 1.82) is 0 Å². The molecule has 108 valence electrons. The van der Waals surface area contributed by atoms with E-state index >= 15 is 0 Å². The molecule has 1 fully saturated rings. The molecular formula is C8H14N3O7P. The van der Waals surface area contributed by atoms with Crippen molar-refractivity contribution in [3.63, 3.8) is 0 Å². The zero-order valence-electron chi connectivity index (χ0n) is 9.51. The Morgan fingerprint density at radius 1 is 1.42 bits per heavy atom. The molecule has 0 aromatic carbocycles. The molecule has 2 heterocycles. The van der Waals surface area contributed by atoms with E-state index in [2.05, 4.69) is 4.98 Å². The van der Waals surface area contributed by atoms with Gasteiger partial charge in [-0.2, -0.15) is 0 Å². The minimum absolute atomic E-state index is 0.127. The second-order valence-electron chi connectivity index (χ2n) is 4.20. The number of nitrogens with zero attached hydrogens (tertiary/aromatic N) is 2. The molecule has 1 aromatic heterocycles. The molecule has 0 aliphatic carbocycles. The lowest BCUT2D eigenvalue weighted by atomic mass is 10.1. The van der Waals surface area contributed by atoms with Gasteiger partial charge in [0.2, 0.25) is 0 Å². The largest absolute Gasteiger partial charge is 0.387 e. The van der Waals surface area contributed by atoms with Crippen LogP contribution in [0.5, 0.6) is 0 Å². The summed E-state index contributed by atoms with van der Waals surface area (Å²) in [4.78, 5) is 21.4. The number of aliphatic hydroxyl groups is 3. The number of aliphatic hydroxyl groups excluding tert-OH is 3. The Morgan fingerprint density at radius 2 is 2.05 bits per heavy atom. The van der Waals surface area contributed by atoms with Crippen LogP contribution in [0.3, 0.4) is 0 Å². The predicted molar refractivity (Wildman–Crippen MR) is 60.6 cm³/mol. The molecule has 1 saturated heterocycles. The Labute approximate surface area is 107 Å². The molecule has 2 rings (SSSR count). The van der Waals surface area contributed by atoms with E-state index in [1.807, 2.05) is 0 Å². The molecule has 0 radical (unpaired) electrons. The molecule has 1 aliphatic rings. The van der Waals surface area contributed by atoms with Gasteiger partial charge in [-0.05, 0) is 0 Å². The first kappa shape index (κ1) is 14.4. The van der Waals surface area contributed by atoms with Crippen molar-refractivity contribution in [1.82, 2.24) is 9.55 Å². The van der Waals surface area contributed by atoms with Crippen LogP contribution < -0.4 is 5.73 Å². The standard InChI is InChI=1S/C8H14N3O7P/c9-3-1-10-2-11(3)7-5(13)4(12)6(18-7)8(14)19(15,16)17/h1-2,4-8,12-14H,9H2,(H2,15,16,17)/t4-,5+,6-,7?,8?/m1/s1. The zero-order valence-corrected chi connectivity index (χ0v) is 10.4. The van der Waals surface area contributed by atoms with Crippen molar-refractivity contribution in [2.75, 3.05) is 5.73 Å². The Morgan fingerprint density at radius 3 is 2.53 bits per heavy atom. The van der Waals surface area contributed by atoms with Crippen LogP contribution in [0.4, 0.5) is 5.82 Å². The highest BCUT2D eigenvalue weighted by molar-refractivity contribution is 7.52. The van der Waals surface area contributed by atoms with E-state index in [4.69, 9.17) is 20.3 Å². The van der Waals surface area contributed by atoms with Gasteiger partial charge in [0, 0.05) is 0 Å². The first-order valence-corrected chi connectivity index (χ1v) is 6.94. The summed E-state index contributed by atoms with van der Waals surface area (Å²) in [7, 11) is -4.88. The third-order valence-electron chi connectivity index (χ3n) is 2.88. The highest BCUT2D eigenvalue weighted by Crippen LogP contribution is 2.46. The molecule has 10 nitrogen and oxygen atoms in total. The van der Waals surface area contributed by atoms with Crippen LogP contribution in [0.2, 0.25) is 0 Å². The fraction of sp³-hybridized carbons (Fsp3) is 0.625. The molecule has 11 heteroatoms. The van der Waals surface area contributed by atoms with Crippen molar-refractivity contribution < 1.29 is 34.4 Å². The van der Waals surface area contributed by atoms with Crippen LogP contribution in [0.1, 0.15) is 6.23 Å². The van der Waals surface area contributed by atoms with Crippen LogP contribution in [0.25, 0.3) is 0 Å². The quantitative estimate of drug-likeness (QED) is 0.332. The maximum absolute atomic E-state index is 11.0. The topological polar surface area (TPSA) is 171 Å².